The first-order chi connectivity index (χ1) is 11.7. The third-order valence-electron chi connectivity index (χ3n) is 4.11. The molecule has 0 amide bonds. The van der Waals surface area contributed by atoms with E-state index in [9.17, 15) is 4.55 Å². The summed E-state index contributed by atoms with van der Waals surface area (Å²) in [7, 11) is 0. The molecule has 6 heteroatoms. The fraction of sp³-hybridized carbons (Fsp3) is 0.632. The van der Waals surface area contributed by atoms with Crippen molar-refractivity contribution in [2.75, 3.05) is 12.5 Å². The number of hydrogen-bond acceptors (Lipinski definition) is 4. The summed E-state index contributed by atoms with van der Waals surface area (Å²) in [4.78, 5) is 8.00. The second-order valence-corrected chi connectivity index (χ2v) is 8.03. The molecule has 1 aromatic rings. The van der Waals surface area contributed by atoms with Gasteiger partial charge in [-0.2, -0.15) is 0 Å². The van der Waals surface area contributed by atoms with Crippen LogP contribution in [-0.2, 0) is 22.4 Å². The second kappa shape index (κ2) is 14.9. The average Bonchev–Trinajstić information content (AvgIpc) is 3.07. The summed E-state index contributed by atoms with van der Waals surface area (Å²) in [6.45, 7) is 6.61. The Labute approximate surface area is 177 Å². The third kappa shape index (κ3) is 9.34. The van der Waals surface area contributed by atoms with Gasteiger partial charge in [0.05, 0.1) is 0 Å². The molecule has 0 N–H and O–H groups in total. The molecule has 1 aromatic carbocycles. The first-order valence-electron chi connectivity index (χ1n) is 8.75. The molecule has 1 aliphatic rings. The fourth-order valence-electron chi connectivity index (χ4n) is 2.72. The Morgan fingerprint density at radius 3 is 2.48 bits per heavy atom. The van der Waals surface area contributed by atoms with E-state index < -0.39 is 11.2 Å². The van der Waals surface area contributed by atoms with E-state index in [1.54, 1.807) is 0 Å². The Hall–Kier alpha value is -0.200. The van der Waals surface area contributed by atoms with Gasteiger partial charge >= 0.3 is 29.6 Å². The zero-order chi connectivity index (χ0) is 17.8. The van der Waals surface area contributed by atoms with Crippen LogP contribution >= 0.6 is 0 Å². The van der Waals surface area contributed by atoms with Crippen LogP contribution < -0.4 is 9.47 Å². The van der Waals surface area contributed by atoms with Gasteiger partial charge in [-0.1, -0.05) is 49.8 Å². The zero-order valence-corrected chi connectivity index (χ0v) is 15.7. The molecule has 4 nitrogen and oxygen atoms in total. The van der Waals surface area contributed by atoms with Gasteiger partial charge in [-0.15, -0.1) is 0 Å². The van der Waals surface area contributed by atoms with E-state index in [1.807, 2.05) is 25.0 Å². The van der Waals surface area contributed by atoms with Gasteiger partial charge in [0.1, 0.15) is 17.8 Å². The number of unbranched alkanes of at least 4 members (excludes halogenated alkanes) is 5. The van der Waals surface area contributed by atoms with Gasteiger partial charge in [-0.05, 0) is 37.5 Å². The Balaban J connectivity index is 0.00000185. The Morgan fingerprint density at radius 2 is 1.76 bits per heavy atom. The Bertz CT molecular complexity index is 473. The van der Waals surface area contributed by atoms with Crippen LogP contribution in [0.4, 0.5) is 0 Å². The maximum atomic E-state index is 12.3. The molecule has 2 rings (SSSR count). The van der Waals surface area contributed by atoms with Gasteiger partial charge < -0.3 is 18.8 Å². The summed E-state index contributed by atoms with van der Waals surface area (Å²) >= 11 is -0.743. The quantitative estimate of drug-likeness (QED) is 0.354. The molecule has 0 radical (unpaired) electrons. The van der Waals surface area contributed by atoms with E-state index in [2.05, 4.69) is 13.8 Å². The molecular formula is C19H31NaO4S. The zero-order valence-electron chi connectivity index (χ0n) is 14.9. The average molecular weight is 379 g/mol. The Kier molecular flexibility index (Phi) is 14.8. The monoisotopic (exact) mass is 378 g/mol. The molecule has 0 saturated carbocycles. The number of benzene rings is 1. The number of carbonyl (C=O) groups excluding carboxylic acids is 1. The van der Waals surface area contributed by atoms with E-state index in [-0.39, 0.29) is 34.8 Å². The first-order valence-corrected chi connectivity index (χ1v) is 10.1. The van der Waals surface area contributed by atoms with Crippen LogP contribution in [0.1, 0.15) is 57.9 Å². The van der Waals surface area contributed by atoms with E-state index in [4.69, 9.17) is 14.3 Å². The van der Waals surface area contributed by atoms with E-state index in [1.165, 1.54) is 37.7 Å². The molecule has 0 spiro atoms. The van der Waals surface area contributed by atoms with Crippen LogP contribution in [-0.4, -0.2) is 58.7 Å². The summed E-state index contributed by atoms with van der Waals surface area (Å²) in [5.41, 5.74) is 1.17. The van der Waals surface area contributed by atoms with Crippen LogP contribution in [0.25, 0.3) is 0 Å². The summed E-state index contributed by atoms with van der Waals surface area (Å²) in [5.74, 6) is 2.45. The fourth-order valence-corrected chi connectivity index (χ4v) is 3.99. The van der Waals surface area contributed by atoms with Gasteiger partial charge in [-0.3, -0.25) is 0 Å². The second-order valence-electron chi connectivity index (χ2n) is 6.05. The molecule has 0 bridgehead atoms. The predicted molar refractivity (Wildman–Crippen MR) is 106 cm³/mol. The summed E-state index contributed by atoms with van der Waals surface area (Å²) < 4.78 is 23.0. The number of rotatable bonds is 10. The number of hydrogen-bond donors (Lipinski definition) is 0. The van der Waals surface area contributed by atoms with E-state index >= 15 is 0 Å². The molecule has 2 atom stereocenters. The molecule has 1 heterocycles. The van der Waals surface area contributed by atoms with Crippen molar-refractivity contribution in [1.29, 1.82) is 0 Å². The van der Waals surface area contributed by atoms with Crippen LogP contribution in [0.5, 0.6) is 11.5 Å². The molecule has 25 heavy (non-hydrogen) atoms. The van der Waals surface area contributed by atoms with E-state index in [0.717, 1.165) is 30.1 Å². The first kappa shape index (κ1) is 24.8. The summed E-state index contributed by atoms with van der Waals surface area (Å²) in [6.07, 6.45) is 8.32. The normalized spacial score (nSPS) is 14.0. The molecule has 0 saturated heterocycles. The molecule has 138 valence electrons. The van der Waals surface area contributed by atoms with Crippen molar-refractivity contribution in [3.8, 4) is 11.5 Å². The molecule has 0 fully saturated rings. The van der Waals surface area contributed by atoms with Crippen LogP contribution in [0, 0.1) is 0 Å². The SMILES string of the molecule is C=O.CCCCCCCC[S+]([O-])C(C)Cc1ccc2c(c1)OCO2.[NaH]. The van der Waals surface area contributed by atoms with Crippen LogP contribution in [0.15, 0.2) is 18.2 Å². The molecular weight excluding hydrogens is 347 g/mol. The van der Waals surface area contributed by atoms with Gasteiger partial charge in [-0.25, -0.2) is 0 Å². The van der Waals surface area contributed by atoms with Crippen molar-refractivity contribution < 1.29 is 18.8 Å². The maximum absolute atomic E-state index is 12.3. The number of ether oxygens (including phenoxy) is 2. The number of carbonyl (C=O) groups is 1. The summed E-state index contributed by atoms with van der Waals surface area (Å²) in [5, 5.41) is 0.191. The van der Waals surface area contributed by atoms with Gasteiger partial charge in [0.25, 0.3) is 0 Å². The van der Waals surface area contributed by atoms with Gasteiger partial charge in [0, 0.05) is 6.42 Å². The Morgan fingerprint density at radius 1 is 1.12 bits per heavy atom. The van der Waals surface area contributed by atoms with Crippen molar-refractivity contribution in [1.82, 2.24) is 0 Å². The predicted octanol–water partition coefficient (Wildman–Crippen LogP) is 3.62. The van der Waals surface area contributed by atoms with E-state index in [0.29, 0.717) is 6.79 Å². The van der Waals surface area contributed by atoms with Gasteiger partial charge in [0.15, 0.2) is 11.5 Å². The standard InChI is InChI=1S/C18H28O3S.CH2O.Na.H/c1-3-4-5-6-7-8-11-22(19)15(2)12-16-9-10-17-18(13-16)21-14-20-17;1-2;;/h9-10,13,15H,3-8,11-12,14H2,1-2H3;1H2;;. The topological polar surface area (TPSA) is 58.6 Å². The van der Waals surface area contributed by atoms with Crippen molar-refractivity contribution >= 4 is 47.5 Å². The van der Waals surface area contributed by atoms with Crippen LogP contribution in [0.2, 0.25) is 0 Å². The van der Waals surface area contributed by atoms with Gasteiger partial charge in [0.2, 0.25) is 6.79 Å². The molecule has 0 aliphatic carbocycles. The number of fused-ring (bicyclic) bond motifs is 1. The van der Waals surface area contributed by atoms with Crippen LogP contribution in [0.3, 0.4) is 0 Å². The van der Waals surface area contributed by atoms with Crippen molar-refractivity contribution in [3.05, 3.63) is 23.8 Å². The van der Waals surface area contributed by atoms with Crippen molar-refractivity contribution in [2.24, 2.45) is 0 Å². The minimum atomic E-state index is -0.743. The molecule has 0 aromatic heterocycles. The molecule has 1 aliphatic heterocycles. The minimum absolute atomic E-state index is 0. The summed E-state index contributed by atoms with van der Waals surface area (Å²) in [6, 6.07) is 6.01. The molecule has 2 unspecified atom stereocenters. The van der Waals surface area contributed by atoms with Crippen molar-refractivity contribution in [3.63, 3.8) is 0 Å². The third-order valence-corrected chi connectivity index (χ3v) is 5.86. The van der Waals surface area contributed by atoms with Crippen molar-refractivity contribution in [2.45, 2.75) is 64.0 Å².